The first-order chi connectivity index (χ1) is 9.73. The van der Waals surface area contributed by atoms with Crippen LogP contribution in [0.15, 0.2) is 12.3 Å². The van der Waals surface area contributed by atoms with Gasteiger partial charge in [-0.05, 0) is 62.3 Å². The highest BCUT2D eigenvalue weighted by Crippen LogP contribution is 2.60. The molecular weight excluding hydrogens is 250 g/mol. The third kappa shape index (κ3) is 2.05. The molecule has 4 bridgehead atoms. The Morgan fingerprint density at radius 2 is 1.90 bits per heavy atom. The fourth-order valence-electron chi connectivity index (χ4n) is 5.31. The van der Waals surface area contributed by atoms with Crippen LogP contribution in [-0.4, -0.2) is 22.6 Å². The molecule has 2 N–H and O–H groups in total. The highest BCUT2D eigenvalue weighted by atomic mass is 16.2. The molecule has 0 saturated heterocycles. The van der Waals surface area contributed by atoms with Gasteiger partial charge in [-0.25, -0.2) is 0 Å². The Balaban J connectivity index is 1.38. The summed E-state index contributed by atoms with van der Waals surface area (Å²) in [4.78, 5) is 12.7. The third-order valence-electron chi connectivity index (χ3n) is 5.76. The van der Waals surface area contributed by atoms with Crippen molar-refractivity contribution >= 4 is 5.91 Å². The molecule has 0 radical (unpaired) electrons. The van der Waals surface area contributed by atoms with Crippen molar-refractivity contribution in [2.24, 2.45) is 23.2 Å². The largest absolute Gasteiger partial charge is 0.355 e. The molecule has 1 amide bonds. The number of hydrogen-bond donors (Lipinski definition) is 2. The molecule has 4 nitrogen and oxygen atoms in total. The van der Waals surface area contributed by atoms with Crippen molar-refractivity contribution in [3.05, 3.63) is 18.0 Å². The average molecular weight is 273 g/mol. The Bertz CT molecular complexity index is 459. The highest BCUT2D eigenvalue weighted by Gasteiger charge is 2.54. The summed E-state index contributed by atoms with van der Waals surface area (Å²) >= 11 is 0. The highest BCUT2D eigenvalue weighted by molar-refractivity contribution is 5.83. The number of hydrogen-bond acceptors (Lipinski definition) is 2. The molecule has 20 heavy (non-hydrogen) atoms. The third-order valence-corrected chi connectivity index (χ3v) is 5.76. The van der Waals surface area contributed by atoms with Gasteiger partial charge in [0.15, 0.2) is 0 Å². The quantitative estimate of drug-likeness (QED) is 0.884. The second kappa shape index (κ2) is 4.61. The molecule has 0 atom stereocenters. The summed E-state index contributed by atoms with van der Waals surface area (Å²) in [6.07, 6.45) is 10.2. The number of carbonyl (C=O) groups is 1. The molecule has 0 spiro atoms. The number of carbonyl (C=O) groups excluding carboxylic acids is 1. The van der Waals surface area contributed by atoms with E-state index in [-0.39, 0.29) is 5.41 Å². The fraction of sp³-hybridized carbons (Fsp3) is 0.750. The molecule has 1 heterocycles. The summed E-state index contributed by atoms with van der Waals surface area (Å²) in [5.41, 5.74) is 1.08. The first-order valence-corrected chi connectivity index (χ1v) is 8.00. The molecule has 4 heteroatoms. The molecule has 1 aromatic heterocycles. The summed E-state index contributed by atoms with van der Waals surface area (Å²) in [5, 5.41) is 10.1. The fourth-order valence-corrected chi connectivity index (χ4v) is 5.31. The summed E-state index contributed by atoms with van der Waals surface area (Å²) < 4.78 is 0. The van der Waals surface area contributed by atoms with Crippen LogP contribution in [0.1, 0.15) is 44.2 Å². The molecule has 4 aliphatic carbocycles. The summed E-state index contributed by atoms with van der Waals surface area (Å²) in [6, 6.07) is 1.97. The lowest BCUT2D eigenvalue weighted by molar-refractivity contribution is -0.146. The molecule has 1 aromatic rings. The second-order valence-electron chi connectivity index (χ2n) is 7.29. The van der Waals surface area contributed by atoms with Crippen LogP contribution in [0, 0.1) is 23.2 Å². The Labute approximate surface area is 119 Å². The van der Waals surface area contributed by atoms with Gasteiger partial charge in [0.25, 0.3) is 0 Å². The van der Waals surface area contributed by atoms with Crippen LogP contribution in [0.4, 0.5) is 0 Å². The molecule has 0 aliphatic heterocycles. The number of aromatic amines is 1. The Morgan fingerprint density at radius 3 is 2.45 bits per heavy atom. The monoisotopic (exact) mass is 273 g/mol. The number of rotatable bonds is 4. The van der Waals surface area contributed by atoms with Crippen molar-refractivity contribution in [2.75, 3.05) is 6.54 Å². The van der Waals surface area contributed by atoms with E-state index in [2.05, 4.69) is 15.5 Å². The Kier molecular flexibility index (Phi) is 2.86. The minimum atomic E-state index is -0.0112. The molecule has 0 unspecified atom stereocenters. The van der Waals surface area contributed by atoms with E-state index in [1.54, 1.807) is 6.20 Å². The van der Waals surface area contributed by atoms with Crippen LogP contribution < -0.4 is 5.32 Å². The van der Waals surface area contributed by atoms with Gasteiger partial charge in [0, 0.05) is 30.3 Å². The minimum Gasteiger partial charge on any atom is -0.355 e. The van der Waals surface area contributed by atoms with E-state index >= 15 is 0 Å². The minimum absolute atomic E-state index is 0.0112. The van der Waals surface area contributed by atoms with Crippen LogP contribution in [0.5, 0.6) is 0 Å². The SMILES string of the molecule is O=C(NCCc1ccn[nH]1)C12CC3CC(CC(C3)C1)C2. The van der Waals surface area contributed by atoms with Crippen molar-refractivity contribution < 1.29 is 4.79 Å². The van der Waals surface area contributed by atoms with E-state index in [1.807, 2.05) is 6.07 Å². The zero-order valence-electron chi connectivity index (χ0n) is 11.9. The van der Waals surface area contributed by atoms with Crippen LogP contribution in [0.25, 0.3) is 0 Å². The molecule has 4 saturated carbocycles. The maximum Gasteiger partial charge on any atom is 0.226 e. The molecule has 4 aliphatic rings. The predicted octanol–water partition coefficient (Wildman–Crippen LogP) is 2.28. The van der Waals surface area contributed by atoms with Gasteiger partial charge in [-0.1, -0.05) is 0 Å². The van der Waals surface area contributed by atoms with Crippen LogP contribution in [-0.2, 0) is 11.2 Å². The summed E-state index contributed by atoms with van der Waals surface area (Å²) in [5.74, 6) is 2.83. The Morgan fingerprint density at radius 1 is 1.25 bits per heavy atom. The van der Waals surface area contributed by atoms with Gasteiger partial charge in [-0.3, -0.25) is 9.89 Å². The van der Waals surface area contributed by atoms with Crippen molar-refractivity contribution in [1.82, 2.24) is 15.5 Å². The lowest BCUT2D eigenvalue weighted by Crippen LogP contribution is -2.53. The smallest absolute Gasteiger partial charge is 0.226 e. The maximum absolute atomic E-state index is 12.7. The van der Waals surface area contributed by atoms with Crippen LogP contribution >= 0.6 is 0 Å². The van der Waals surface area contributed by atoms with Crippen LogP contribution in [0.3, 0.4) is 0 Å². The molecule has 5 rings (SSSR count). The van der Waals surface area contributed by atoms with E-state index < -0.39 is 0 Å². The van der Waals surface area contributed by atoms with Gasteiger partial charge in [0.1, 0.15) is 0 Å². The van der Waals surface area contributed by atoms with Crippen LogP contribution in [0.2, 0.25) is 0 Å². The van der Waals surface area contributed by atoms with Gasteiger partial charge in [0.05, 0.1) is 0 Å². The predicted molar refractivity (Wildman–Crippen MR) is 75.9 cm³/mol. The number of amides is 1. The van der Waals surface area contributed by atoms with E-state index in [4.69, 9.17) is 0 Å². The molecule has 4 fully saturated rings. The lowest BCUT2D eigenvalue weighted by atomic mass is 9.49. The zero-order valence-corrected chi connectivity index (χ0v) is 11.9. The van der Waals surface area contributed by atoms with Crippen molar-refractivity contribution in [3.8, 4) is 0 Å². The lowest BCUT2D eigenvalue weighted by Gasteiger charge is -2.55. The summed E-state index contributed by atoms with van der Waals surface area (Å²) in [7, 11) is 0. The maximum atomic E-state index is 12.7. The average Bonchev–Trinajstić information content (AvgIpc) is 2.90. The van der Waals surface area contributed by atoms with Crippen molar-refractivity contribution in [2.45, 2.75) is 44.9 Å². The standard InChI is InChI=1S/C16H23N3O/c20-15(17-3-1-14-2-4-18-19-14)16-8-11-5-12(9-16)7-13(6-11)10-16/h2,4,11-13H,1,3,5-10H2,(H,17,20)(H,18,19). The molecular formula is C16H23N3O. The normalized spacial score (nSPS) is 38.1. The summed E-state index contributed by atoms with van der Waals surface area (Å²) in [6.45, 7) is 0.725. The second-order valence-corrected chi connectivity index (χ2v) is 7.29. The van der Waals surface area contributed by atoms with Gasteiger partial charge >= 0.3 is 0 Å². The van der Waals surface area contributed by atoms with Gasteiger partial charge in [0.2, 0.25) is 5.91 Å². The Hall–Kier alpha value is -1.32. The first kappa shape index (κ1) is 12.4. The van der Waals surface area contributed by atoms with E-state index in [0.717, 1.165) is 55.7 Å². The van der Waals surface area contributed by atoms with Crippen molar-refractivity contribution in [3.63, 3.8) is 0 Å². The van der Waals surface area contributed by atoms with E-state index in [9.17, 15) is 4.79 Å². The molecule has 0 aromatic carbocycles. The number of nitrogens with zero attached hydrogens (tertiary/aromatic N) is 1. The zero-order chi connectivity index (χ0) is 13.6. The molecule has 108 valence electrons. The van der Waals surface area contributed by atoms with Crippen molar-refractivity contribution in [1.29, 1.82) is 0 Å². The van der Waals surface area contributed by atoms with E-state index in [0.29, 0.717) is 5.91 Å². The number of aromatic nitrogens is 2. The van der Waals surface area contributed by atoms with E-state index in [1.165, 1.54) is 19.3 Å². The number of nitrogens with one attached hydrogen (secondary N) is 2. The van der Waals surface area contributed by atoms with Gasteiger partial charge < -0.3 is 5.32 Å². The number of H-pyrrole nitrogens is 1. The van der Waals surface area contributed by atoms with Gasteiger partial charge in [-0.15, -0.1) is 0 Å². The topological polar surface area (TPSA) is 57.8 Å². The van der Waals surface area contributed by atoms with Gasteiger partial charge in [-0.2, -0.15) is 5.10 Å². The first-order valence-electron chi connectivity index (χ1n) is 8.00.